The van der Waals surface area contributed by atoms with Crippen LogP contribution in [0.4, 0.5) is 0 Å². The fourth-order valence-electron chi connectivity index (χ4n) is 2.60. The average molecular weight is 292 g/mol. The van der Waals surface area contributed by atoms with Gasteiger partial charge in [-0.05, 0) is 31.7 Å². The third kappa shape index (κ3) is 4.06. The number of hydrogen-bond donors (Lipinski definition) is 1. The molecule has 0 unspecified atom stereocenters. The van der Waals surface area contributed by atoms with Crippen LogP contribution in [-0.2, 0) is 22.6 Å². The van der Waals surface area contributed by atoms with Crippen LogP contribution < -0.4 is 0 Å². The van der Waals surface area contributed by atoms with Crippen LogP contribution >= 0.6 is 0 Å². The van der Waals surface area contributed by atoms with Crippen molar-refractivity contribution in [3.8, 4) is 0 Å². The summed E-state index contributed by atoms with van der Waals surface area (Å²) in [6, 6.07) is 1.96. The molecule has 1 aliphatic rings. The Bertz CT molecular complexity index is 492. The zero-order valence-corrected chi connectivity index (χ0v) is 12.9. The van der Waals surface area contributed by atoms with Crippen LogP contribution in [0.5, 0.6) is 0 Å². The highest BCUT2D eigenvalue weighted by Gasteiger charge is 2.26. The predicted molar refractivity (Wildman–Crippen MR) is 79.5 cm³/mol. The molecule has 6 heteroatoms. The Morgan fingerprint density at radius 2 is 2.05 bits per heavy atom. The molecule has 0 atom stereocenters. The monoisotopic (exact) mass is 292 g/mol. The number of piperidine rings is 1. The van der Waals surface area contributed by atoms with E-state index >= 15 is 0 Å². The number of nitrogens with one attached hydrogen (secondary N) is 1. The largest absolute Gasteiger partial charge is 0.334 e. The summed E-state index contributed by atoms with van der Waals surface area (Å²) in [5.41, 5.74) is 1.86. The maximum Gasteiger partial charge on any atom is 0.312 e. The number of hydrogen-bond acceptors (Lipinski definition) is 3. The van der Waals surface area contributed by atoms with Crippen molar-refractivity contribution in [2.24, 2.45) is 0 Å². The Morgan fingerprint density at radius 1 is 1.33 bits per heavy atom. The van der Waals surface area contributed by atoms with Crippen molar-refractivity contribution in [3.05, 3.63) is 17.5 Å². The molecule has 2 heterocycles. The van der Waals surface area contributed by atoms with Gasteiger partial charge in [-0.1, -0.05) is 13.3 Å². The van der Waals surface area contributed by atoms with Gasteiger partial charge in [0.2, 0.25) is 0 Å². The third-order valence-electron chi connectivity index (χ3n) is 3.77. The Balaban J connectivity index is 1.90. The van der Waals surface area contributed by atoms with Gasteiger partial charge >= 0.3 is 11.8 Å². The van der Waals surface area contributed by atoms with Crippen molar-refractivity contribution in [3.63, 3.8) is 0 Å². The van der Waals surface area contributed by atoms with Crippen LogP contribution in [0, 0.1) is 0 Å². The first-order chi connectivity index (χ1) is 10.1. The molecule has 1 N–H and O–H groups in total. The Labute approximate surface area is 125 Å². The minimum absolute atomic E-state index is 0.384. The van der Waals surface area contributed by atoms with Crippen LogP contribution in [-0.4, -0.2) is 51.9 Å². The zero-order valence-electron chi connectivity index (χ0n) is 12.9. The van der Waals surface area contributed by atoms with Gasteiger partial charge < -0.3 is 9.80 Å². The van der Waals surface area contributed by atoms with Crippen LogP contribution in [0.3, 0.4) is 0 Å². The number of amides is 2. The van der Waals surface area contributed by atoms with Crippen LogP contribution in [0.15, 0.2) is 6.07 Å². The van der Waals surface area contributed by atoms with Crippen molar-refractivity contribution in [1.29, 1.82) is 0 Å². The van der Waals surface area contributed by atoms with Gasteiger partial charge in [-0.2, -0.15) is 5.10 Å². The molecule has 1 aromatic rings. The van der Waals surface area contributed by atoms with E-state index in [4.69, 9.17) is 0 Å². The number of aromatic nitrogens is 2. The molecule has 2 rings (SSSR count). The van der Waals surface area contributed by atoms with Crippen molar-refractivity contribution >= 4 is 11.8 Å². The van der Waals surface area contributed by atoms with Crippen LogP contribution in [0.25, 0.3) is 0 Å². The predicted octanol–water partition coefficient (Wildman–Crippen LogP) is 1.33. The van der Waals surface area contributed by atoms with Gasteiger partial charge in [-0.3, -0.25) is 14.7 Å². The van der Waals surface area contributed by atoms with Gasteiger partial charge in [0.15, 0.2) is 0 Å². The Morgan fingerprint density at radius 3 is 2.71 bits per heavy atom. The van der Waals surface area contributed by atoms with Gasteiger partial charge in [-0.25, -0.2) is 0 Å². The lowest BCUT2D eigenvalue weighted by Crippen LogP contribution is -2.45. The van der Waals surface area contributed by atoms with Gasteiger partial charge in [-0.15, -0.1) is 0 Å². The summed E-state index contributed by atoms with van der Waals surface area (Å²) in [4.78, 5) is 27.4. The van der Waals surface area contributed by atoms with E-state index in [1.165, 1.54) is 4.90 Å². The van der Waals surface area contributed by atoms with Crippen molar-refractivity contribution < 1.29 is 9.59 Å². The van der Waals surface area contributed by atoms with Gasteiger partial charge in [0.25, 0.3) is 0 Å². The van der Waals surface area contributed by atoms with Crippen LogP contribution in [0.1, 0.15) is 44.0 Å². The van der Waals surface area contributed by atoms with E-state index in [-0.39, 0.29) is 5.91 Å². The molecular weight excluding hydrogens is 268 g/mol. The average Bonchev–Trinajstić information content (AvgIpc) is 2.94. The fraction of sp³-hybridized carbons (Fsp3) is 0.667. The molecule has 1 aliphatic heterocycles. The number of carbonyl (C=O) groups is 2. The normalized spacial score (nSPS) is 15.0. The Kier molecular flexibility index (Phi) is 5.36. The van der Waals surface area contributed by atoms with E-state index < -0.39 is 5.91 Å². The number of carbonyl (C=O) groups excluding carboxylic acids is 2. The number of rotatable bonds is 4. The first kappa shape index (κ1) is 15.5. The second kappa shape index (κ2) is 7.24. The molecule has 0 aromatic carbocycles. The number of H-pyrrole nitrogens is 1. The molecule has 2 amide bonds. The maximum absolute atomic E-state index is 12.2. The van der Waals surface area contributed by atoms with E-state index in [1.807, 2.05) is 6.07 Å². The number of nitrogens with zero attached hydrogens (tertiary/aromatic N) is 3. The topological polar surface area (TPSA) is 69.3 Å². The van der Waals surface area contributed by atoms with Gasteiger partial charge in [0, 0.05) is 20.1 Å². The van der Waals surface area contributed by atoms with Crippen LogP contribution in [0.2, 0.25) is 0 Å². The quantitative estimate of drug-likeness (QED) is 0.851. The maximum atomic E-state index is 12.2. The highest BCUT2D eigenvalue weighted by Crippen LogP contribution is 2.10. The second-order valence-corrected chi connectivity index (χ2v) is 5.65. The summed E-state index contributed by atoms with van der Waals surface area (Å²) in [5, 5.41) is 7.12. The molecule has 1 aromatic heterocycles. The molecular formula is C15H24N4O2. The van der Waals surface area contributed by atoms with E-state index in [0.717, 1.165) is 43.5 Å². The molecule has 6 nitrogen and oxygen atoms in total. The molecule has 1 saturated heterocycles. The molecule has 116 valence electrons. The summed E-state index contributed by atoms with van der Waals surface area (Å²) in [6.07, 6.45) is 5.07. The standard InChI is InChI=1S/C15H24N4O2/c1-3-7-12-10-13(17-16-12)11-18(2)14(20)15(21)19-8-5-4-6-9-19/h10H,3-9,11H2,1-2H3,(H,16,17). The highest BCUT2D eigenvalue weighted by molar-refractivity contribution is 6.34. The minimum atomic E-state index is -0.441. The van der Waals surface area contributed by atoms with Crippen molar-refractivity contribution in [1.82, 2.24) is 20.0 Å². The number of likely N-dealkylation sites (N-methyl/N-ethyl adjacent to an activating group) is 1. The summed E-state index contributed by atoms with van der Waals surface area (Å²) in [6.45, 7) is 3.88. The van der Waals surface area contributed by atoms with Crippen molar-refractivity contribution in [2.75, 3.05) is 20.1 Å². The van der Waals surface area contributed by atoms with E-state index in [1.54, 1.807) is 11.9 Å². The van der Waals surface area contributed by atoms with Gasteiger partial charge in [0.1, 0.15) is 0 Å². The first-order valence-corrected chi connectivity index (χ1v) is 7.69. The lowest BCUT2D eigenvalue weighted by Gasteiger charge is -2.27. The molecule has 21 heavy (non-hydrogen) atoms. The molecule has 0 radical (unpaired) electrons. The third-order valence-corrected chi connectivity index (χ3v) is 3.77. The van der Waals surface area contributed by atoms with E-state index in [9.17, 15) is 9.59 Å². The molecule has 0 spiro atoms. The molecule has 0 saturated carbocycles. The first-order valence-electron chi connectivity index (χ1n) is 7.69. The smallest absolute Gasteiger partial charge is 0.312 e. The lowest BCUT2D eigenvalue weighted by atomic mass is 10.1. The Hall–Kier alpha value is -1.85. The van der Waals surface area contributed by atoms with Gasteiger partial charge in [0.05, 0.1) is 17.9 Å². The fourth-order valence-corrected chi connectivity index (χ4v) is 2.60. The molecule has 0 aliphatic carbocycles. The van der Waals surface area contributed by atoms with Crippen molar-refractivity contribution in [2.45, 2.75) is 45.6 Å². The van der Waals surface area contributed by atoms with E-state index in [2.05, 4.69) is 17.1 Å². The number of aromatic amines is 1. The highest BCUT2D eigenvalue weighted by atomic mass is 16.2. The second-order valence-electron chi connectivity index (χ2n) is 5.65. The van der Waals surface area contributed by atoms with E-state index in [0.29, 0.717) is 19.6 Å². The summed E-state index contributed by atoms with van der Waals surface area (Å²) in [5.74, 6) is -0.825. The lowest BCUT2D eigenvalue weighted by molar-refractivity contribution is -0.151. The summed E-state index contributed by atoms with van der Waals surface area (Å²) in [7, 11) is 1.66. The summed E-state index contributed by atoms with van der Waals surface area (Å²) < 4.78 is 0. The number of aryl methyl sites for hydroxylation is 1. The minimum Gasteiger partial charge on any atom is -0.334 e. The summed E-state index contributed by atoms with van der Waals surface area (Å²) >= 11 is 0. The molecule has 0 bridgehead atoms. The zero-order chi connectivity index (χ0) is 15.2. The SMILES string of the molecule is CCCc1cc(CN(C)C(=O)C(=O)N2CCCCC2)[nH]n1. The molecule has 1 fully saturated rings. The number of likely N-dealkylation sites (tertiary alicyclic amines) is 1.